The molecule has 0 aromatic carbocycles. The molecule has 1 unspecified atom stereocenters. The van der Waals surface area contributed by atoms with Crippen LogP contribution in [0, 0.1) is 5.92 Å². The molecule has 20 heavy (non-hydrogen) atoms. The Morgan fingerprint density at radius 1 is 1.45 bits per heavy atom. The van der Waals surface area contributed by atoms with Gasteiger partial charge in [0.25, 0.3) is 12.0 Å². The molecule has 0 aliphatic carbocycles. The first-order valence-electron chi connectivity index (χ1n) is 6.05. The summed E-state index contributed by atoms with van der Waals surface area (Å²) in [6, 6.07) is 0.0147. The van der Waals surface area contributed by atoms with Gasteiger partial charge in [0.1, 0.15) is 6.04 Å². The Labute approximate surface area is 123 Å². The molecule has 1 heterocycles. The van der Waals surface area contributed by atoms with Crippen molar-refractivity contribution in [3.63, 3.8) is 0 Å². The van der Waals surface area contributed by atoms with E-state index in [0.29, 0.717) is 6.42 Å². The number of carbonyl (C=O) groups excluding carboxylic acids is 1. The van der Waals surface area contributed by atoms with Crippen LogP contribution in [0.15, 0.2) is 21.5 Å². The van der Waals surface area contributed by atoms with Gasteiger partial charge in [-0.25, -0.2) is 13.6 Å². The molecule has 0 spiro atoms. The van der Waals surface area contributed by atoms with Gasteiger partial charge in [-0.2, -0.15) is 0 Å². The third-order valence-corrected chi connectivity index (χ3v) is 3.46. The molecule has 4 nitrogen and oxygen atoms in total. The molecule has 0 aliphatic rings. The first kappa shape index (κ1) is 16.8. The van der Waals surface area contributed by atoms with Crippen LogP contribution in [0.3, 0.4) is 0 Å². The number of hydrogen-bond donors (Lipinski definition) is 0. The highest BCUT2D eigenvalue weighted by Crippen LogP contribution is 2.27. The van der Waals surface area contributed by atoms with E-state index < -0.39 is 24.0 Å². The maximum absolute atomic E-state index is 12.7. The van der Waals surface area contributed by atoms with Crippen LogP contribution in [-0.4, -0.2) is 17.6 Å². The maximum Gasteiger partial charge on any atom is 0.328 e. The minimum absolute atomic E-state index is 0.0877. The number of halogens is 3. The number of carbonyl (C=O) groups is 1. The summed E-state index contributed by atoms with van der Waals surface area (Å²) in [4.78, 5) is 23.7. The van der Waals surface area contributed by atoms with Gasteiger partial charge in [-0.1, -0.05) is 13.8 Å². The van der Waals surface area contributed by atoms with Crippen molar-refractivity contribution in [2.75, 3.05) is 7.11 Å². The van der Waals surface area contributed by atoms with Crippen LogP contribution in [0.5, 0.6) is 0 Å². The molecule has 1 atom stereocenters. The summed E-state index contributed by atoms with van der Waals surface area (Å²) in [5.74, 6) is -0.433. The topological polar surface area (TPSA) is 48.3 Å². The highest BCUT2D eigenvalue weighted by Gasteiger charge is 2.25. The molecule has 0 aliphatic heterocycles. The van der Waals surface area contributed by atoms with Gasteiger partial charge in [-0.15, -0.1) is 0 Å². The summed E-state index contributed by atoms with van der Waals surface area (Å²) >= 11 is 3.00. The predicted molar refractivity (Wildman–Crippen MR) is 73.9 cm³/mol. The van der Waals surface area contributed by atoms with Crippen molar-refractivity contribution in [1.29, 1.82) is 0 Å². The van der Waals surface area contributed by atoms with Crippen molar-refractivity contribution in [1.82, 2.24) is 4.57 Å². The standard InChI is InChI=1S/C13H16BrF2NO3/c1-7(2)4-10(13(19)20-3)17-6-9(14)8(12(15)16)5-11(17)18/h5-7,10,12H,4H2,1-3H3. The number of nitrogens with zero attached hydrogens (tertiary/aromatic N) is 1. The largest absolute Gasteiger partial charge is 0.467 e. The minimum Gasteiger partial charge on any atom is -0.467 e. The lowest BCUT2D eigenvalue weighted by Crippen LogP contribution is -2.31. The van der Waals surface area contributed by atoms with Gasteiger partial charge in [0.15, 0.2) is 0 Å². The summed E-state index contributed by atoms with van der Waals surface area (Å²) in [7, 11) is 1.23. The summed E-state index contributed by atoms with van der Waals surface area (Å²) in [6.07, 6.45) is -1.16. The smallest absolute Gasteiger partial charge is 0.328 e. The van der Waals surface area contributed by atoms with Crippen LogP contribution >= 0.6 is 15.9 Å². The van der Waals surface area contributed by atoms with Gasteiger partial charge in [-0.05, 0) is 28.3 Å². The second-order valence-electron chi connectivity index (χ2n) is 4.79. The number of hydrogen-bond acceptors (Lipinski definition) is 3. The minimum atomic E-state index is -2.76. The number of esters is 1. The van der Waals surface area contributed by atoms with E-state index in [4.69, 9.17) is 0 Å². The van der Waals surface area contributed by atoms with Crippen LogP contribution in [-0.2, 0) is 9.53 Å². The Kier molecular flexibility index (Phi) is 5.86. The average molecular weight is 352 g/mol. The van der Waals surface area contributed by atoms with Gasteiger partial charge in [0.05, 0.1) is 7.11 Å². The highest BCUT2D eigenvalue weighted by molar-refractivity contribution is 9.10. The average Bonchev–Trinajstić information content (AvgIpc) is 2.37. The normalized spacial score (nSPS) is 12.8. The number of methoxy groups -OCH3 is 1. The van der Waals surface area contributed by atoms with Crippen molar-refractivity contribution in [3.8, 4) is 0 Å². The zero-order valence-corrected chi connectivity index (χ0v) is 13.0. The number of aromatic nitrogens is 1. The number of ether oxygens (including phenoxy) is 1. The molecule has 0 bridgehead atoms. The fourth-order valence-corrected chi connectivity index (χ4v) is 2.36. The second-order valence-corrected chi connectivity index (χ2v) is 5.65. The van der Waals surface area contributed by atoms with E-state index in [0.717, 1.165) is 10.6 Å². The van der Waals surface area contributed by atoms with Gasteiger partial charge in [0, 0.05) is 22.3 Å². The van der Waals surface area contributed by atoms with Gasteiger partial charge >= 0.3 is 5.97 Å². The summed E-state index contributed by atoms with van der Waals surface area (Å²) < 4.78 is 31.3. The molecule has 1 rings (SSSR count). The monoisotopic (exact) mass is 351 g/mol. The van der Waals surface area contributed by atoms with E-state index in [1.165, 1.54) is 13.3 Å². The molecule has 0 saturated heterocycles. The molecule has 0 N–H and O–H groups in total. The Morgan fingerprint density at radius 3 is 2.50 bits per heavy atom. The van der Waals surface area contributed by atoms with Gasteiger partial charge in [0.2, 0.25) is 0 Å². The van der Waals surface area contributed by atoms with Crippen LogP contribution in [0.4, 0.5) is 8.78 Å². The van der Waals surface area contributed by atoms with Crippen molar-refractivity contribution in [2.45, 2.75) is 32.7 Å². The van der Waals surface area contributed by atoms with E-state index >= 15 is 0 Å². The lowest BCUT2D eigenvalue weighted by molar-refractivity contribution is -0.145. The van der Waals surface area contributed by atoms with E-state index in [1.54, 1.807) is 0 Å². The molecule has 0 amide bonds. The Bertz CT molecular complexity index is 543. The Balaban J connectivity index is 3.31. The van der Waals surface area contributed by atoms with Crippen LogP contribution in [0.2, 0.25) is 0 Å². The Morgan fingerprint density at radius 2 is 2.05 bits per heavy atom. The number of pyridine rings is 1. The van der Waals surface area contributed by atoms with E-state index in [-0.39, 0.29) is 16.0 Å². The molecular formula is C13H16BrF2NO3. The summed E-state index contributed by atoms with van der Waals surface area (Å²) in [6.45, 7) is 3.78. The van der Waals surface area contributed by atoms with Crippen molar-refractivity contribution >= 4 is 21.9 Å². The first-order valence-corrected chi connectivity index (χ1v) is 6.84. The van der Waals surface area contributed by atoms with E-state index in [2.05, 4.69) is 20.7 Å². The van der Waals surface area contributed by atoms with Crippen molar-refractivity contribution in [3.05, 3.63) is 32.7 Å². The lowest BCUT2D eigenvalue weighted by atomic mass is 10.0. The molecule has 1 aromatic rings. The van der Waals surface area contributed by atoms with Crippen molar-refractivity contribution < 1.29 is 18.3 Å². The van der Waals surface area contributed by atoms with E-state index in [9.17, 15) is 18.4 Å². The fraction of sp³-hybridized carbons (Fsp3) is 0.538. The number of alkyl halides is 2. The highest BCUT2D eigenvalue weighted by atomic mass is 79.9. The van der Waals surface area contributed by atoms with Crippen LogP contribution < -0.4 is 5.56 Å². The van der Waals surface area contributed by atoms with Gasteiger partial charge in [-0.3, -0.25) is 4.79 Å². The molecule has 0 fully saturated rings. The maximum atomic E-state index is 12.7. The van der Waals surface area contributed by atoms with Crippen molar-refractivity contribution in [2.24, 2.45) is 5.92 Å². The number of rotatable bonds is 5. The second kappa shape index (κ2) is 6.97. The molecule has 7 heteroatoms. The van der Waals surface area contributed by atoms with Gasteiger partial charge < -0.3 is 9.30 Å². The lowest BCUT2D eigenvalue weighted by Gasteiger charge is -2.20. The zero-order chi connectivity index (χ0) is 15.4. The summed E-state index contributed by atoms with van der Waals surface area (Å²) in [5, 5.41) is 0. The Hall–Kier alpha value is -1.24. The molecule has 0 saturated carbocycles. The van der Waals surface area contributed by atoms with Crippen LogP contribution in [0.25, 0.3) is 0 Å². The summed E-state index contributed by atoms with van der Waals surface area (Å²) in [5.41, 5.74) is -1.04. The molecular weight excluding hydrogens is 336 g/mol. The quantitative estimate of drug-likeness (QED) is 0.764. The molecule has 1 aromatic heterocycles. The third kappa shape index (κ3) is 3.88. The predicted octanol–water partition coefficient (Wildman–Crippen LogP) is 3.31. The SMILES string of the molecule is COC(=O)C(CC(C)C)n1cc(Br)c(C(F)F)cc1=O. The van der Waals surface area contributed by atoms with Crippen LogP contribution in [0.1, 0.15) is 38.3 Å². The van der Waals surface area contributed by atoms with E-state index in [1.807, 2.05) is 13.8 Å². The first-order chi connectivity index (χ1) is 9.27. The molecule has 112 valence electrons. The molecule has 0 radical (unpaired) electrons. The zero-order valence-electron chi connectivity index (χ0n) is 11.4. The third-order valence-electron chi connectivity index (χ3n) is 2.80. The fourth-order valence-electron chi connectivity index (χ4n) is 1.85.